The van der Waals surface area contributed by atoms with E-state index in [9.17, 15) is 0 Å². The van der Waals surface area contributed by atoms with E-state index in [-0.39, 0.29) is 6.04 Å². The smallest absolute Gasteiger partial charge is 0.247 e. The van der Waals surface area contributed by atoms with Crippen LogP contribution in [-0.4, -0.2) is 20.0 Å². The van der Waals surface area contributed by atoms with Crippen molar-refractivity contribution in [1.29, 1.82) is 0 Å². The maximum Gasteiger partial charge on any atom is 0.247 e. The summed E-state index contributed by atoms with van der Waals surface area (Å²) in [4.78, 5) is 0. The molecular weight excluding hydrogens is 254 g/mol. The van der Waals surface area contributed by atoms with Gasteiger partial charge in [0.05, 0.1) is 0 Å². The van der Waals surface area contributed by atoms with E-state index in [0.717, 1.165) is 11.4 Å². The zero-order chi connectivity index (χ0) is 13.9. The lowest BCUT2D eigenvalue weighted by Crippen LogP contribution is -2.07. The molecule has 1 atom stereocenters. The summed E-state index contributed by atoms with van der Waals surface area (Å²) < 4.78 is 7.43. The van der Waals surface area contributed by atoms with Gasteiger partial charge in [-0.1, -0.05) is 18.2 Å². The van der Waals surface area contributed by atoms with Crippen LogP contribution in [-0.2, 0) is 7.05 Å². The Bertz CT molecular complexity index is 688. The summed E-state index contributed by atoms with van der Waals surface area (Å²) >= 11 is 0. The van der Waals surface area contributed by atoms with Gasteiger partial charge in [0.15, 0.2) is 0 Å². The number of aryl methyl sites for hydroxylation is 1. The second-order valence-corrected chi connectivity index (χ2v) is 4.55. The minimum Gasteiger partial charge on any atom is -0.418 e. The molecule has 0 radical (unpaired) electrons. The Morgan fingerprint density at radius 2 is 1.95 bits per heavy atom. The van der Waals surface area contributed by atoms with Crippen LogP contribution in [0.3, 0.4) is 0 Å². The molecule has 6 nitrogen and oxygen atoms in total. The number of hydrogen-bond acceptors (Lipinski definition) is 5. The standard InChI is InChI=1S/C14H15N5O/c1-10(15-12-8-9-19(2)18-12)13-16-17-14(20-13)11-6-4-3-5-7-11/h3-10H,1-2H3,(H,15,18). The van der Waals surface area contributed by atoms with Crippen LogP contribution in [0.25, 0.3) is 11.5 Å². The average Bonchev–Trinajstić information content (AvgIpc) is 3.09. The van der Waals surface area contributed by atoms with Gasteiger partial charge in [-0.3, -0.25) is 4.68 Å². The molecule has 0 saturated heterocycles. The van der Waals surface area contributed by atoms with E-state index in [1.165, 1.54) is 0 Å². The highest BCUT2D eigenvalue weighted by atomic mass is 16.4. The fourth-order valence-corrected chi connectivity index (χ4v) is 1.88. The topological polar surface area (TPSA) is 68.8 Å². The van der Waals surface area contributed by atoms with Gasteiger partial charge in [-0.05, 0) is 19.1 Å². The number of hydrogen-bond donors (Lipinski definition) is 1. The molecule has 0 spiro atoms. The minimum absolute atomic E-state index is 0.102. The first-order chi connectivity index (χ1) is 9.72. The number of rotatable bonds is 4. The molecule has 20 heavy (non-hydrogen) atoms. The molecule has 2 aromatic heterocycles. The first-order valence-electron chi connectivity index (χ1n) is 6.37. The van der Waals surface area contributed by atoms with Gasteiger partial charge in [0.2, 0.25) is 11.8 Å². The van der Waals surface area contributed by atoms with E-state index in [4.69, 9.17) is 4.42 Å². The highest BCUT2D eigenvalue weighted by molar-refractivity contribution is 5.51. The van der Waals surface area contributed by atoms with E-state index in [1.807, 2.05) is 56.6 Å². The van der Waals surface area contributed by atoms with Crippen LogP contribution in [0.2, 0.25) is 0 Å². The third-order valence-corrected chi connectivity index (χ3v) is 2.91. The van der Waals surface area contributed by atoms with Crippen LogP contribution in [0.5, 0.6) is 0 Å². The van der Waals surface area contributed by atoms with Crippen molar-refractivity contribution in [3.05, 3.63) is 48.5 Å². The number of anilines is 1. The molecule has 1 unspecified atom stereocenters. The molecule has 1 N–H and O–H groups in total. The van der Waals surface area contributed by atoms with Gasteiger partial charge in [-0.15, -0.1) is 10.2 Å². The van der Waals surface area contributed by atoms with Gasteiger partial charge >= 0.3 is 0 Å². The Labute approximate surface area is 116 Å². The van der Waals surface area contributed by atoms with Crippen molar-refractivity contribution in [3.63, 3.8) is 0 Å². The summed E-state index contributed by atoms with van der Waals surface area (Å²) in [5.74, 6) is 1.84. The number of nitrogens with one attached hydrogen (secondary N) is 1. The predicted molar refractivity (Wildman–Crippen MR) is 75.0 cm³/mol. The van der Waals surface area contributed by atoms with Crippen molar-refractivity contribution < 1.29 is 4.42 Å². The van der Waals surface area contributed by atoms with Gasteiger partial charge in [0, 0.05) is 24.9 Å². The summed E-state index contributed by atoms with van der Waals surface area (Å²) in [6.07, 6.45) is 1.87. The van der Waals surface area contributed by atoms with Crippen LogP contribution in [0.4, 0.5) is 5.82 Å². The molecule has 3 aromatic rings. The third kappa shape index (κ3) is 2.54. The Hall–Kier alpha value is -2.63. The normalized spacial score (nSPS) is 12.3. The average molecular weight is 269 g/mol. The highest BCUT2D eigenvalue weighted by Gasteiger charge is 2.15. The van der Waals surface area contributed by atoms with Gasteiger partial charge in [0.1, 0.15) is 11.9 Å². The van der Waals surface area contributed by atoms with Gasteiger partial charge in [0.25, 0.3) is 0 Å². The monoisotopic (exact) mass is 269 g/mol. The second-order valence-electron chi connectivity index (χ2n) is 4.55. The van der Waals surface area contributed by atoms with Gasteiger partial charge in [-0.2, -0.15) is 5.10 Å². The third-order valence-electron chi connectivity index (χ3n) is 2.91. The van der Waals surface area contributed by atoms with Crippen LogP contribution < -0.4 is 5.32 Å². The van der Waals surface area contributed by atoms with Crippen molar-refractivity contribution in [1.82, 2.24) is 20.0 Å². The van der Waals surface area contributed by atoms with E-state index in [2.05, 4.69) is 20.6 Å². The first-order valence-corrected chi connectivity index (χ1v) is 6.37. The molecule has 0 aliphatic heterocycles. The Morgan fingerprint density at radius 1 is 1.15 bits per heavy atom. The molecule has 0 bridgehead atoms. The lowest BCUT2D eigenvalue weighted by molar-refractivity contribution is 0.484. The summed E-state index contributed by atoms with van der Waals surface area (Å²) in [6, 6.07) is 11.5. The molecule has 0 aliphatic carbocycles. The van der Waals surface area contributed by atoms with E-state index >= 15 is 0 Å². The molecule has 0 fully saturated rings. The Balaban J connectivity index is 1.76. The minimum atomic E-state index is -0.102. The van der Waals surface area contributed by atoms with Crippen molar-refractivity contribution in [2.75, 3.05) is 5.32 Å². The Kier molecular flexibility index (Phi) is 3.20. The molecule has 0 aliphatic rings. The van der Waals surface area contributed by atoms with E-state index in [1.54, 1.807) is 4.68 Å². The zero-order valence-electron chi connectivity index (χ0n) is 11.3. The summed E-state index contributed by atoms with van der Waals surface area (Å²) in [6.45, 7) is 1.96. The highest BCUT2D eigenvalue weighted by Crippen LogP contribution is 2.22. The van der Waals surface area contributed by atoms with E-state index < -0.39 is 0 Å². The fourth-order valence-electron chi connectivity index (χ4n) is 1.88. The predicted octanol–water partition coefficient (Wildman–Crippen LogP) is 2.64. The Morgan fingerprint density at radius 3 is 2.65 bits per heavy atom. The van der Waals surface area contributed by atoms with Crippen LogP contribution in [0.1, 0.15) is 18.9 Å². The number of aromatic nitrogens is 4. The number of benzene rings is 1. The molecule has 0 amide bonds. The zero-order valence-corrected chi connectivity index (χ0v) is 11.3. The molecular formula is C14H15N5O. The molecule has 2 heterocycles. The van der Waals surface area contributed by atoms with Crippen molar-refractivity contribution in [3.8, 4) is 11.5 Å². The lowest BCUT2D eigenvalue weighted by atomic mass is 10.2. The van der Waals surface area contributed by atoms with Crippen molar-refractivity contribution >= 4 is 5.82 Å². The summed E-state index contributed by atoms with van der Waals surface area (Å²) in [7, 11) is 1.87. The molecule has 1 aromatic carbocycles. The van der Waals surface area contributed by atoms with Gasteiger partial charge in [-0.25, -0.2) is 0 Å². The van der Waals surface area contributed by atoms with E-state index in [0.29, 0.717) is 11.8 Å². The number of nitrogens with zero attached hydrogens (tertiary/aromatic N) is 4. The second kappa shape index (κ2) is 5.16. The quantitative estimate of drug-likeness (QED) is 0.788. The maximum atomic E-state index is 5.69. The SMILES string of the molecule is CC(Nc1ccn(C)n1)c1nnc(-c2ccccc2)o1. The molecule has 102 valence electrons. The largest absolute Gasteiger partial charge is 0.418 e. The summed E-state index contributed by atoms with van der Waals surface area (Å²) in [5.41, 5.74) is 0.913. The fraction of sp³-hybridized carbons (Fsp3) is 0.214. The van der Waals surface area contributed by atoms with Crippen molar-refractivity contribution in [2.45, 2.75) is 13.0 Å². The maximum absolute atomic E-state index is 5.69. The molecule has 6 heteroatoms. The van der Waals surface area contributed by atoms with Crippen molar-refractivity contribution in [2.24, 2.45) is 7.05 Å². The molecule has 0 saturated carbocycles. The van der Waals surface area contributed by atoms with Crippen LogP contribution in [0.15, 0.2) is 47.0 Å². The summed E-state index contributed by atoms with van der Waals surface area (Å²) in [5, 5.41) is 15.6. The lowest BCUT2D eigenvalue weighted by Gasteiger charge is -2.07. The van der Waals surface area contributed by atoms with Crippen LogP contribution in [0, 0.1) is 0 Å². The van der Waals surface area contributed by atoms with Gasteiger partial charge < -0.3 is 9.73 Å². The van der Waals surface area contributed by atoms with Crippen LogP contribution >= 0.6 is 0 Å². The molecule has 3 rings (SSSR count). The first kappa shape index (κ1) is 12.4.